The van der Waals surface area contributed by atoms with Gasteiger partial charge in [0.2, 0.25) is 5.95 Å². The highest BCUT2D eigenvalue weighted by molar-refractivity contribution is 5.64. The number of rotatable bonds is 7. The first-order valence-corrected chi connectivity index (χ1v) is 9.38. The summed E-state index contributed by atoms with van der Waals surface area (Å²) in [5.41, 5.74) is 2.12. The number of benzene rings is 1. The van der Waals surface area contributed by atoms with E-state index in [9.17, 15) is 0 Å². The fraction of sp³-hybridized carbons (Fsp3) is 0.500. The van der Waals surface area contributed by atoms with Crippen molar-refractivity contribution in [3.8, 4) is 11.3 Å². The van der Waals surface area contributed by atoms with Crippen LogP contribution in [-0.4, -0.2) is 54.6 Å². The van der Waals surface area contributed by atoms with E-state index >= 15 is 0 Å². The minimum Gasteiger partial charge on any atom is -0.354 e. The van der Waals surface area contributed by atoms with Gasteiger partial charge in [-0.1, -0.05) is 50.1 Å². The quantitative estimate of drug-likeness (QED) is 0.782. The van der Waals surface area contributed by atoms with Crippen LogP contribution in [0.15, 0.2) is 36.4 Å². The van der Waals surface area contributed by atoms with Crippen LogP contribution in [0.25, 0.3) is 11.3 Å². The van der Waals surface area contributed by atoms with E-state index in [1.54, 1.807) is 0 Å². The van der Waals surface area contributed by atoms with Crippen LogP contribution in [0.4, 0.5) is 11.8 Å². The Balaban J connectivity index is 1.83. The summed E-state index contributed by atoms with van der Waals surface area (Å²) in [5.74, 6) is 1.77. The van der Waals surface area contributed by atoms with Crippen molar-refractivity contribution in [3.63, 3.8) is 0 Å². The van der Waals surface area contributed by atoms with Gasteiger partial charge < -0.3 is 15.1 Å². The molecular weight excluding hydrogens is 310 g/mol. The van der Waals surface area contributed by atoms with E-state index in [1.165, 1.54) is 12.8 Å². The van der Waals surface area contributed by atoms with Crippen molar-refractivity contribution in [1.29, 1.82) is 0 Å². The van der Waals surface area contributed by atoms with Crippen LogP contribution in [0.5, 0.6) is 0 Å². The molecule has 0 spiro atoms. The van der Waals surface area contributed by atoms with Gasteiger partial charge in [0.15, 0.2) is 0 Å². The first-order valence-electron chi connectivity index (χ1n) is 9.38. The Bertz CT molecular complexity index is 650. The molecule has 3 rings (SSSR count). The molecule has 1 N–H and O–H groups in total. The van der Waals surface area contributed by atoms with Crippen LogP contribution in [-0.2, 0) is 0 Å². The molecule has 2 aromatic rings. The third-order valence-electron chi connectivity index (χ3n) is 4.67. The summed E-state index contributed by atoms with van der Waals surface area (Å²) in [6.07, 6.45) is 3.61. The fourth-order valence-electron chi connectivity index (χ4n) is 3.04. The van der Waals surface area contributed by atoms with Gasteiger partial charge in [0.1, 0.15) is 5.82 Å². The van der Waals surface area contributed by atoms with Crippen molar-refractivity contribution in [3.05, 3.63) is 36.4 Å². The second-order valence-electron chi connectivity index (χ2n) is 6.73. The lowest BCUT2D eigenvalue weighted by atomic mass is 10.1. The molecule has 0 amide bonds. The van der Waals surface area contributed by atoms with Crippen LogP contribution in [0.3, 0.4) is 0 Å². The van der Waals surface area contributed by atoms with E-state index in [-0.39, 0.29) is 0 Å². The summed E-state index contributed by atoms with van der Waals surface area (Å²) in [7, 11) is 2.17. The topological polar surface area (TPSA) is 44.3 Å². The van der Waals surface area contributed by atoms with Crippen molar-refractivity contribution in [2.24, 2.45) is 0 Å². The van der Waals surface area contributed by atoms with E-state index in [1.807, 2.05) is 6.07 Å². The summed E-state index contributed by atoms with van der Waals surface area (Å²) < 4.78 is 0. The van der Waals surface area contributed by atoms with Gasteiger partial charge >= 0.3 is 0 Å². The van der Waals surface area contributed by atoms with Crippen LogP contribution in [0.1, 0.15) is 26.2 Å². The lowest BCUT2D eigenvalue weighted by molar-refractivity contribution is 0.312. The zero-order valence-corrected chi connectivity index (χ0v) is 15.4. The Labute approximate surface area is 151 Å². The molecule has 1 aromatic carbocycles. The second-order valence-corrected chi connectivity index (χ2v) is 6.73. The Kier molecular flexibility index (Phi) is 6.23. The van der Waals surface area contributed by atoms with E-state index in [2.05, 4.69) is 59.4 Å². The standard InChI is InChI=1S/C20H29N5/c1-3-4-8-11-21-20-22-18(17-9-6-5-7-10-17)16-19(23-20)25-14-12-24(2)13-15-25/h5-7,9-10,16H,3-4,8,11-15H2,1-2H3,(H,21,22,23). The van der Waals surface area contributed by atoms with Crippen molar-refractivity contribution in [2.75, 3.05) is 50.0 Å². The Hall–Kier alpha value is -2.14. The predicted octanol–water partition coefficient (Wildman–Crippen LogP) is 3.50. The van der Waals surface area contributed by atoms with E-state index in [0.717, 1.165) is 62.2 Å². The van der Waals surface area contributed by atoms with E-state index < -0.39 is 0 Å². The molecular formula is C20H29N5. The third kappa shape index (κ3) is 4.92. The molecule has 1 aliphatic rings. The molecule has 1 aliphatic heterocycles. The molecule has 0 saturated carbocycles. The maximum absolute atomic E-state index is 4.79. The average molecular weight is 339 g/mol. The van der Waals surface area contributed by atoms with Crippen molar-refractivity contribution >= 4 is 11.8 Å². The Morgan fingerprint density at radius 3 is 2.48 bits per heavy atom. The molecule has 0 radical (unpaired) electrons. The normalized spacial score (nSPS) is 15.4. The minimum absolute atomic E-state index is 0.742. The fourth-order valence-corrected chi connectivity index (χ4v) is 3.04. The first-order chi connectivity index (χ1) is 12.3. The number of aromatic nitrogens is 2. The number of nitrogens with one attached hydrogen (secondary N) is 1. The maximum atomic E-state index is 4.79. The number of piperazine rings is 1. The largest absolute Gasteiger partial charge is 0.354 e. The van der Waals surface area contributed by atoms with Crippen LogP contribution >= 0.6 is 0 Å². The molecule has 1 fully saturated rings. The zero-order valence-electron chi connectivity index (χ0n) is 15.4. The number of nitrogens with zero attached hydrogens (tertiary/aromatic N) is 4. The van der Waals surface area contributed by atoms with Gasteiger partial charge in [-0.2, -0.15) is 4.98 Å². The van der Waals surface area contributed by atoms with Gasteiger partial charge in [-0.3, -0.25) is 0 Å². The highest BCUT2D eigenvalue weighted by Crippen LogP contribution is 2.24. The van der Waals surface area contributed by atoms with Gasteiger partial charge in [-0.05, 0) is 13.5 Å². The summed E-state index contributed by atoms with van der Waals surface area (Å²) in [6.45, 7) is 7.31. The third-order valence-corrected chi connectivity index (χ3v) is 4.67. The summed E-state index contributed by atoms with van der Waals surface area (Å²) >= 11 is 0. The van der Waals surface area contributed by atoms with Crippen molar-refractivity contribution in [1.82, 2.24) is 14.9 Å². The van der Waals surface area contributed by atoms with Gasteiger partial charge in [0.05, 0.1) is 5.69 Å². The predicted molar refractivity (Wildman–Crippen MR) is 105 cm³/mol. The number of unbranched alkanes of at least 4 members (excludes halogenated alkanes) is 2. The van der Waals surface area contributed by atoms with Crippen LogP contribution < -0.4 is 10.2 Å². The SMILES string of the molecule is CCCCCNc1nc(-c2ccccc2)cc(N2CCN(C)CC2)n1. The molecule has 0 bridgehead atoms. The second kappa shape index (κ2) is 8.81. The highest BCUT2D eigenvalue weighted by atomic mass is 15.3. The molecule has 0 unspecified atom stereocenters. The van der Waals surface area contributed by atoms with Crippen molar-refractivity contribution < 1.29 is 0 Å². The molecule has 0 atom stereocenters. The van der Waals surface area contributed by atoms with Crippen LogP contribution in [0, 0.1) is 0 Å². The number of hydrogen-bond donors (Lipinski definition) is 1. The Morgan fingerprint density at radius 1 is 1.00 bits per heavy atom. The highest BCUT2D eigenvalue weighted by Gasteiger charge is 2.17. The van der Waals surface area contributed by atoms with Gasteiger partial charge in [0, 0.05) is 44.4 Å². The van der Waals surface area contributed by atoms with E-state index in [4.69, 9.17) is 9.97 Å². The van der Waals surface area contributed by atoms with Crippen LogP contribution in [0.2, 0.25) is 0 Å². The molecule has 1 saturated heterocycles. The molecule has 0 aliphatic carbocycles. The summed E-state index contributed by atoms with van der Waals surface area (Å²) in [5, 5.41) is 3.42. The molecule has 25 heavy (non-hydrogen) atoms. The number of likely N-dealkylation sites (N-methyl/N-ethyl adjacent to an activating group) is 1. The van der Waals surface area contributed by atoms with Gasteiger partial charge in [-0.25, -0.2) is 4.98 Å². The monoisotopic (exact) mass is 339 g/mol. The summed E-state index contributed by atoms with van der Waals surface area (Å²) in [6, 6.07) is 12.5. The van der Waals surface area contributed by atoms with E-state index in [0.29, 0.717) is 0 Å². The lowest BCUT2D eigenvalue weighted by Gasteiger charge is -2.33. The molecule has 134 valence electrons. The van der Waals surface area contributed by atoms with Gasteiger partial charge in [0.25, 0.3) is 0 Å². The lowest BCUT2D eigenvalue weighted by Crippen LogP contribution is -2.44. The minimum atomic E-state index is 0.742. The van der Waals surface area contributed by atoms with Gasteiger partial charge in [-0.15, -0.1) is 0 Å². The number of anilines is 2. The molecule has 5 nitrogen and oxygen atoms in total. The molecule has 2 heterocycles. The summed E-state index contributed by atoms with van der Waals surface area (Å²) in [4.78, 5) is 14.3. The smallest absolute Gasteiger partial charge is 0.225 e. The Morgan fingerprint density at radius 2 is 1.76 bits per heavy atom. The average Bonchev–Trinajstić information content (AvgIpc) is 2.66. The number of hydrogen-bond acceptors (Lipinski definition) is 5. The first kappa shape index (κ1) is 17.7. The molecule has 5 heteroatoms. The maximum Gasteiger partial charge on any atom is 0.225 e. The molecule has 1 aromatic heterocycles. The van der Waals surface area contributed by atoms with Crippen molar-refractivity contribution in [2.45, 2.75) is 26.2 Å². The zero-order chi connectivity index (χ0) is 17.5.